The molecule has 1 fully saturated rings. The fourth-order valence-electron chi connectivity index (χ4n) is 5.04. The SMILES string of the molecule is Cc1cc2c(cc1-c1ccc(C(C)(C)C(=O)O)cc1)C(C)(C)CCC2N(C)C1CC1. The van der Waals surface area contributed by atoms with E-state index in [1.165, 1.54) is 47.9 Å². The van der Waals surface area contributed by atoms with Crippen molar-refractivity contribution in [3.8, 4) is 11.1 Å². The highest BCUT2D eigenvalue weighted by atomic mass is 16.4. The zero-order valence-electron chi connectivity index (χ0n) is 19.2. The van der Waals surface area contributed by atoms with E-state index in [-0.39, 0.29) is 5.41 Å². The molecule has 0 heterocycles. The number of aryl methyl sites for hydroxylation is 1. The second-order valence-electron chi connectivity index (χ2n) is 10.6. The number of benzene rings is 2. The summed E-state index contributed by atoms with van der Waals surface area (Å²) in [5, 5.41) is 9.52. The first-order chi connectivity index (χ1) is 14.0. The van der Waals surface area contributed by atoms with Gasteiger partial charge in [-0.3, -0.25) is 9.69 Å². The fraction of sp³-hybridized carbons (Fsp3) is 0.519. The van der Waals surface area contributed by atoms with Crippen LogP contribution >= 0.6 is 0 Å². The third kappa shape index (κ3) is 3.58. The summed E-state index contributed by atoms with van der Waals surface area (Å²) in [5.41, 5.74) is 6.82. The Balaban J connectivity index is 1.75. The van der Waals surface area contributed by atoms with Crippen molar-refractivity contribution in [2.24, 2.45) is 0 Å². The second kappa shape index (κ2) is 7.23. The molecule has 0 spiro atoms. The molecule has 1 saturated carbocycles. The van der Waals surface area contributed by atoms with Crippen LogP contribution in [0.15, 0.2) is 36.4 Å². The summed E-state index contributed by atoms with van der Waals surface area (Å²) in [6.07, 6.45) is 5.10. The van der Waals surface area contributed by atoms with Gasteiger partial charge in [-0.25, -0.2) is 0 Å². The topological polar surface area (TPSA) is 40.5 Å². The van der Waals surface area contributed by atoms with Crippen LogP contribution < -0.4 is 0 Å². The first-order valence-electron chi connectivity index (χ1n) is 11.2. The molecule has 3 nitrogen and oxygen atoms in total. The van der Waals surface area contributed by atoms with Crippen molar-refractivity contribution < 1.29 is 9.90 Å². The molecule has 3 heteroatoms. The minimum Gasteiger partial charge on any atom is -0.481 e. The van der Waals surface area contributed by atoms with E-state index in [1.807, 2.05) is 12.1 Å². The van der Waals surface area contributed by atoms with Gasteiger partial charge in [-0.1, -0.05) is 50.2 Å². The molecular weight excluding hydrogens is 370 g/mol. The van der Waals surface area contributed by atoms with Gasteiger partial charge in [0.2, 0.25) is 0 Å². The highest BCUT2D eigenvalue weighted by Crippen LogP contribution is 2.48. The van der Waals surface area contributed by atoms with Crippen molar-refractivity contribution in [3.05, 3.63) is 58.7 Å². The summed E-state index contributed by atoms with van der Waals surface area (Å²) in [7, 11) is 2.30. The van der Waals surface area contributed by atoms with Gasteiger partial charge in [0.15, 0.2) is 0 Å². The van der Waals surface area contributed by atoms with Gasteiger partial charge < -0.3 is 5.11 Å². The van der Waals surface area contributed by atoms with Gasteiger partial charge in [0.25, 0.3) is 0 Å². The number of nitrogens with zero attached hydrogens (tertiary/aromatic N) is 1. The van der Waals surface area contributed by atoms with E-state index in [1.54, 1.807) is 13.8 Å². The molecule has 2 aromatic rings. The maximum Gasteiger partial charge on any atom is 0.313 e. The summed E-state index contributed by atoms with van der Waals surface area (Å²) in [6.45, 7) is 10.5. The molecule has 160 valence electrons. The molecule has 0 radical (unpaired) electrons. The van der Waals surface area contributed by atoms with E-state index in [4.69, 9.17) is 0 Å². The Morgan fingerprint density at radius 3 is 2.30 bits per heavy atom. The van der Waals surface area contributed by atoms with Crippen LogP contribution in [0, 0.1) is 6.92 Å². The van der Waals surface area contributed by atoms with E-state index in [0.29, 0.717) is 6.04 Å². The van der Waals surface area contributed by atoms with Crippen LogP contribution in [0.5, 0.6) is 0 Å². The Kier molecular flexibility index (Phi) is 5.09. The largest absolute Gasteiger partial charge is 0.481 e. The Hall–Kier alpha value is -2.13. The number of fused-ring (bicyclic) bond motifs is 1. The Labute approximate surface area is 181 Å². The van der Waals surface area contributed by atoms with Gasteiger partial charge in [0.05, 0.1) is 5.41 Å². The molecule has 2 aliphatic carbocycles. The maximum atomic E-state index is 11.6. The van der Waals surface area contributed by atoms with Crippen molar-refractivity contribution in [1.82, 2.24) is 4.90 Å². The molecule has 0 saturated heterocycles. The molecule has 4 rings (SSSR count). The lowest BCUT2D eigenvalue weighted by Gasteiger charge is -2.41. The number of aliphatic carboxylic acids is 1. The van der Waals surface area contributed by atoms with Gasteiger partial charge in [0.1, 0.15) is 0 Å². The van der Waals surface area contributed by atoms with Gasteiger partial charge in [-0.15, -0.1) is 0 Å². The molecular formula is C27H35NO2. The van der Waals surface area contributed by atoms with E-state index in [2.05, 4.69) is 57.0 Å². The highest BCUT2D eigenvalue weighted by molar-refractivity contribution is 5.81. The molecule has 0 amide bonds. The van der Waals surface area contributed by atoms with Crippen molar-refractivity contribution in [1.29, 1.82) is 0 Å². The average molecular weight is 406 g/mol. The molecule has 2 aliphatic rings. The lowest BCUT2D eigenvalue weighted by molar-refractivity contribution is -0.142. The molecule has 30 heavy (non-hydrogen) atoms. The summed E-state index contributed by atoms with van der Waals surface area (Å²) >= 11 is 0. The molecule has 0 bridgehead atoms. The first kappa shape index (κ1) is 21.1. The molecule has 1 atom stereocenters. The second-order valence-corrected chi connectivity index (χ2v) is 10.6. The Morgan fingerprint density at radius 1 is 1.10 bits per heavy atom. The van der Waals surface area contributed by atoms with Crippen molar-refractivity contribution in [3.63, 3.8) is 0 Å². The van der Waals surface area contributed by atoms with E-state index in [0.717, 1.165) is 17.2 Å². The number of hydrogen-bond donors (Lipinski definition) is 1. The van der Waals surface area contributed by atoms with Crippen LogP contribution in [0.4, 0.5) is 0 Å². The quantitative estimate of drug-likeness (QED) is 0.641. The number of carboxylic acid groups (broad SMARTS) is 1. The summed E-state index contributed by atoms with van der Waals surface area (Å²) < 4.78 is 0. The Morgan fingerprint density at radius 2 is 1.73 bits per heavy atom. The zero-order valence-corrected chi connectivity index (χ0v) is 19.2. The van der Waals surface area contributed by atoms with Crippen LogP contribution in [-0.2, 0) is 15.6 Å². The number of rotatable bonds is 5. The van der Waals surface area contributed by atoms with Gasteiger partial charge in [0, 0.05) is 12.1 Å². The van der Waals surface area contributed by atoms with Crippen LogP contribution in [0.1, 0.15) is 81.7 Å². The molecule has 0 aliphatic heterocycles. The highest BCUT2D eigenvalue weighted by Gasteiger charge is 2.39. The van der Waals surface area contributed by atoms with Crippen LogP contribution in [-0.4, -0.2) is 29.1 Å². The van der Waals surface area contributed by atoms with E-state index < -0.39 is 11.4 Å². The summed E-state index contributed by atoms with van der Waals surface area (Å²) in [6, 6.07) is 14.2. The molecule has 1 unspecified atom stereocenters. The standard InChI is InChI=1S/C27H35NO2/c1-17-15-22-23(26(2,3)14-13-24(22)28(6)20-11-12-20)16-21(17)18-7-9-19(10-8-18)27(4,5)25(29)30/h7-10,15-16,20,24H,11-14H2,1-6H3,(H,29,30). The maximum absolute atomic E-state index is 11.6. The van der Waals surface area contributed by atoms with Crippen LogP contribution in [0.25, 0.3) is 11.1 Å². The summed E-state index contributed by atoms with van der Waals surface area (Å²) in [4.78, 5) is 14.2. The number of hydrogen-bond acceptors (Lipinski definition) is 2. The van der Waals surface area contributed by atoms with E-state index >= 15 is 0 Å². The third-order valence-electron chi connectivity index (χ3n) is 7.59. The summed E-state index contributed by atoms with van der Waals surface area (Å²) in [5.74, 6) is -0.798. The van der Waals surface area contributed by atoms with Gasteiger partial charge in [-0.2, -0.15) is 0 Å². The average Bonchev–Trinajstić information content (AvgIpc) is 3.52. The predicted molar refractivity (Wildman–Crippen MR) is 123 cm³/mol. The van der Waals surface area contributed by atoms with Crippen LogP contribution in [0.2, 0.25) is 0 Å². The Bertz CT molecular complexity index is 967. The zero-order chi connectivity index (χ0) is 21.8. The van der Waals surface area contributed by atoms with Crippen molar-refractivity contribution >= 4 is 5.97 Å². The molecule has 0 aromatic heterocycles. The van der Waals surface area contributed by atoms with Crippen molar-refractivity contribution in [2.45, 2.75) is 83.2 Å². The lowest BCUT2D eigenvalue weighted by Crippen LogP contribution is -2.35. The van der Waals surface area contributed by atoms with Crippen LogP contribution in [0.3, 0.4) is 0 Å². The first-order valence-corrected chi connectivity index (χ1v) is 11.2. The van der Waals surface area contributed by atoms with Crippen molar-refractivity contribution in [2.75, 3.05) is 7.05 Å². The molecule has 1 N–H and O–H groups in total. The predicted octanol–water partition coefficient (Wildman–Crippen LogP) is 6.23. The minimum atomic E-state index is -0.883. The smallest absolute Gasteiger partial charge is 0.313 e. The normalized spacial score (nSPS) is 20.8. The monoisotopic (exact) mass is 405 g/mol. The molecule has 2 aromatic carbocycles. The van der Waals surface area contributed by atoms with Gasteiger partial charge >= 0.3 is 5.97 Å². The number of carbonyl (C=O) groups is 1. The minimum absolute atomic E-state index is 0.171. The van der Waals surface area contributed by atoms with Gasteiger partial charge in [-0.05, 0) is 92.3 Å². The lowest BCUT2D eigenvalue weighted by atomic mass is 9.69. The number of carboxylic acids is 1. The van der Waals surface area contributed by atoms with E-state index in [9.17, 15) is 9.90 Å². The third-order valence-corrected chi connectivity index (χ3v) is 7.59. The fourth-order valence-corrected chi connectivity index (χ4v) is 5.04.